The van der Waals surface area contributed by atoms with Crippen LogP contribution in [0.3, 0.4) is 0 Å². The molecular weight excluding hydrogens is 294 g/mol. The number of nitrogens with two attached hydrogens (primary N) is 1. The molecule has 0 bridgehead atoms. The maximum absolute atomic E-state index is 11.9. The number of hydrogen-bond acceptors (Lipinski definition) is 4. The molecule has 1 aromatic carbocycles. The minimum absolute atomic E-state index is 0.0751. The summed E-state index contributed by atoms with van der Waals surface area (Å²) in [6, 6.07) is 6.60. The SMILES string of the molecule is CC(CN)C(=O)Nc1nc(-c2ccc3c(c2)CCCC3)cs1. The summed E-state index contributed by atoms with van der Waals surface area (Å²) in [4.78, 5) is 16.4. The second-order valence-corrected chi connectivity index (χ2v) is 6.71. The number of carbonyl (C=O) groups is 1. The van der Waals surface area contributed by atoms with Crippen molar-refractivity contribution < 1.29 is 4.79 Å². The van der Waals surface area contributed by atoms with Gasteiger partial charge in [0.2, 0.25) is 5.91 Å². The Balaban J connectivity index is 1.77. The van der Waals surface area contributed by atoms with E-state index >= 15 is 0 Å². The van der Waals surface area contributed by atoms with E-state index in [-0.39, 0.29) is 11.8 Å². The molecule has 0 saturated heterocycles. The van der Waals surface area contributed by atoms with Gasteiger partial charge in [0.25, 0.3) is 0 Å². The summed E-state index contributed by atoms with van der Waals surface area (Å²) in [5.74, 6) is -0.273. The lowest BCUT2D eigenvalue weighted by Crippen LogP contribution is -2.26. The van der Waals surface area contributed by atoms with Gasteiger partial charge in [-0.1, -0.05) is 19.1 Å². The van der Waals surface area contributed by atoms with Gasteiger partial charge in [0.05, 0.1) is 5.69 Å². The van der Waals surface area contributed by atoms with Gasteiger partial charge in [-0.3, -0.25) is 4.79 Å². The molecule has 4 nitrogen and oxygen atoms in total. The molecule has 116 valence electrons. The first-order valence-corrected chi connectivity index (χ1v) is 8.64. The van der Waals surface area contributed by atoms with E-state index in [0.717, 1.165) is 17.7 Å². The lowest BCUT2D eigenvalue weighted by Gasteiger charge is -2.16. The lowest BCUT2D eigenvalue weighted by atomic mass is 9.90. The van der Waals surface area contributed by atoms with E-state index in [4.69, 9.17) is 5.73 Å². The first kappa shape index (κ1) is 15.2. The summed E-state index contributed by atoms with van der Waals surface area (Å²) >= 11 is 1.45. The third kappa shape index (κ3) is 3.20. The highest BCUT2D eigenvalue weighted by Gasteiger charge is 2.14. The normalized spacial score (nSPS) is 15.2. The van der Waals surface area contributed by atoms with Crippen LogP contribution in [-0.4, -0.2) is 17.4 Å². The van der Waals surface area contributed by atoms with E-state index in [0.29, 0.717) is 11.7 Å². The smallest absolute Gasteiger partial charge is 0.230 e. The fourth-order valence-corrected chi connectivity index (χ4v) is 3.41. The predicted molar refractivity (Wildman–Crippen MR) is 91.0 cm³/mol. The zero-order valence-corrected chi connectivity index (χ0v) is 13.6. The summed E-state index contributed by atoms with van der Waals surface area (Å²) in [5.41, 5.74) is 10.5. The third-order valence-corrected chi connectivity index (χ3v) is 4.94. The Morgan fingerprint density at radius 3 is 2.91 bits per heavy atom. The molecule has 1 aromatic heterocycles. The van der Waals surface area contributed by atoms with E-state index in [1.807, 2.05) is 12.3 Å². The molecule has 1 atom stereocenters. The van der Waals surface area contributed by atoms with Crippen LogP contribution in [0.15, 0.2) is 23.6 Å². The number of nitrogens with one attached hydrogen (secondary N) is 1. The van der Waals surface area contributed by atoms with E-state index in [1.165, 1.54) is 41.7 Å². The van der Waals surface area contributed by atoms with Crippen molar-refractivity contribution in [2.24, 2.45) is 11.7 Å². The van der Waals surface area contributed by atoms with Gasteiger partial charge in [0.1, 0.15) is 0 Å². The number of thiazole rings is 1. The first-order chi connectivity index (χ1) is 10.7. The van der Waals surface area contributed by atoms with Crippen LogP contribution in [0.25, 0.3) is 11.3 Å². The number of hydrogen-bond donors (Lipinski definition) is 2. The number of carbonyl (C=O) groups excluding carboxylic acids is 1. The summed E-state index contributed by atoms with van der Waals surface area (Å²) in [7, 11) is 0. The Hall–Kier alpha value is -1.72. The van der Waals surface area contributed by atoms with E-state index in [1.54, 1.807) is 0 Å². The van der Waals surface area contributed by atoms with Crippen LogP contribution in [0.1, 0.15) is 30.9 Å². The molecule has 3 rings (SSSR count). The molecule has 1 unspecified atom stereocenters. The predicted octanol–water partition coefficient (Wildman–Crippen LogP) is 3.22. The molecular formula is C17H21N3OS. The Bertz CT molecular complexity index is 680. The van der Waals surface area contributed by atoms with Gasteiger partial charge >= 0.3 is 0 Å². The number of rotatable bonds is 4. The van der Waals surface area contributed by atoms with Crippen LogP contribution in [0, 0.1) is 5.92 Å². The molecule has 22 heavy (non-hydrogen) atoms. The molecule has 0 fully saturated rings. The minimum Gasteiger partial charge on any atom is -0.330 e. The molecule has 3 N–H and O–H groups in total. The minimum atomic E-state index is -0.198. The fraction of sp³-hybridized carbons (Fsp3) is 0.412. The van der Waals surface area contributed by atoms with Gasteiger partial charge in [0.15, 0.2) is 5.13 Å². The van der Waals surface area contributed by atoms with Crippen LogP contribution >= 0.6 is 11.3 Å². The summed E-state index contributed by atoms with van der Waals surface area (Å²) in [6.45, 7) is 2.15. The van der Waals surface area contributed by atoms with Crippen molar-refractivity contribution in [3.8, 4) is 11.3 Å². The van der Waals surface area contributed by atoms with Gasteiger partial charge in [-0.2, -0.15) is 0 Å². The molecule has 0 spiro atoms. The van der Waals surface area contributed by atoms with Gasteiger partial charge in [-0.25, -0.2) is 4.98 Å². The fourth-order valence-electron chi connectivity index (χ4n) is 2.69. The summed E-state index contributed by atoms with van der Waals surface area (Å²) in [5, 5.41) is 5.46. The second kappa shape index (κ2) is 6.58. The molecule has 1 amide bonds. The van der Waals surface area contributed by atoms with Crippen molar-refractivity contribution in [3.63, 3.8) is 0 Å². The third-order valence-electron chi connectivity index (χ3n) is 4.18. The average Bonchev–Trinajstić information content (AvgIpc) is 3.02. The Kier molecular flexibility index (Phi) is 4.55. The van der Waals surface area contributed by atoms with E-state index in [2.05, 4.69) is 28.5 Å². The van der Waals surface area contributed by atoms with E-state index < -0.39 is 0 Å². The maximum Gasteiger partial charge on any atom is 0.230 e. The molecule has 1 aliphatic rings. The van der Waals surface area contributed by atoms with Gasteiger partial charge in [0, 0.05) is 23.4 Å². The number of nitrogens with zero attached hydrogens (tertiary/aromatic N) is 1. The van der Waals surface area contributed by atoms with Gasteiger partial charge < -0.3 is 11.1 Å². The van der Waals surface area contributed by atoms with Crippen LogP contribution in [-0.2, 0) is 17.6 Å². The quantitative estimate of drug-likeness (QED) is 0.910. The van der Waals surface area contributed by atoms with Crippen molar-refractivity contribution >= 4 is 22.4 Å². The topological polar surface area (TPSA) is 68.0 Å². The summed E-state index contributed by atoms with van der Waals surface area (Å²) < 4.78 is 0. The molecule has 5 heteroatoms. The van der Waals surface area contributed by atoms with Crippen LogP contribution in [0.5, 0.6) is 0 Å². The molecule has 0 radical (unpaired) electrons. The Labute approximate surface area is 134 Å². The number of amides is 1. The highest BCUT2D eigenvalue weighted by atomic mass is 32.1. The molecule has 0 saturated carbocycles. The Morgan fingerprint density at radius 1 is 1.36 bits per heavy atom. The zero-order valence-electron chi connectivity index (χ0n) is 12.8. The number of fused-ring (bicyclic) bond motifs is 1. The number of anilines is 1. The number of aryl methyl sites for hydroxylation is 2. The number of aromatic nitrogens is 1. The molecule has 2 aromatic rings. The summed E-state index contributed by atoms with van der Waals surface area (Å²) in [6.07, 6.45) is 4.90. The van der Waals surface area contributed by atoms with Crippen LogP contribution < -0.4 is 11.1 Å². The van der Waals surface area contributed by atoms with E-state index in [9.17, 15) is 4.79 Å². The van der Waals surface area contributed by atoms with Crippen molar-refractivity contribution in [2.75, 3.05) is 11.9 Å². The van der Waals surface area contributed by atoms with Crippen LogP contribution in [0.4, 0.5) is 5.13 Å². The molecule has 1 aliphatic carbocycles. The maximum atomic E-state index is 11.9. The zero-order chi connectivity index (χ0) is 15.5. The van der Waals surface area contributed by atoms with Gasteiger partial charge in [-0.15, -0.1) is 11.3 Å². The van der Waals surface area contributed by atoms with Crippen molar-refractivity contribution in [2.45, 2.75) is 32.6 Å². The highest BCUT2D eigenvalue weighted by molar-refractivity contribution is 7.14. The average molecular weight is 315 g/mol. The second-order valence-electron chi connectivity index (χ2n) is 5.85. The first-order valence-electron chi connectivity index (χ1n) is 7.76. The Morgan fingerprint density at radius 2 is 2.14 bits per heavy atom. The highest BCUT2D eigenvalue weighted by Crippen LogP contribution is 2.29. The monoisotopic (exact) mass is 315 g/mol. The molecule has 1 heterocycles. The standard InChI is InChI=1S/C17H21N3OS/c1-11(9-18)16(21)20-17-19-15(10-22-17)14-7-6-12-4-2-3-5-13(12)8-14/h6-8,10-11H,2-5,9,18H2,1H3,(H,19,20,21). The van der Waals surface area contributed by atoms with Crippen molar-refractivity contribution in [1.29, 1.82) is 0 Å². The molecule has 0 aliphatic heterocycles. The van der Waals surface area contributed by atoms with Gasteiger partial charge in [-0.05, 0) is 42.9 Å². The van der Waals surface area contributed by atoms with Crippen molar-refractivity contribution in [3.05, 3.63) is 34.7 Å². The number of benzene rings is 1. The van der Waals surface area contributed by atoms with Crippen molar-refractivity contribution in [1.82, 2.24) is 4.98 Å². The lowest BCUT2D eigenvalue weighted by molar-refractivity contribution is -0.119. The largest absolute Gasteiger partial charge is 0.330 e. The van der Waals surface area contributed by atoms with Crippen LogP contribution in [0.2, 0.25) is 0 Å².